The number of nitrogens with one attached hydrogen (secondary N) is 1. The average Bonchev–Trinajstić information content (AvgIpc) is 2.65. The number of ether oxygens (including phenoxy) is 1. The number of hydrogen-bond donors (Lipinski definition) is 1. The van der Waals surface area contributed by atoms with Crippen molar-refractivity contribution in [2.75, 3.05) is 4.72 Å². The standard InChI is InChI=1S/C20H18ClFN2O3S/c1-14-18(21)5-3-6-19(14)28(25,26)24-20-7-2-4-17(23-20)13-27-12-15-8-10-16(22)11-9-15/h2-11H,12-13H2,1H3,(H,23,24). The van der Waals surface area contributed by atoms with E-state index in [2.05, 4.69) is 9.71 Å². The summed E-state index contributed by atoms with van der Waals surface area (Å²) >= 11 is 6.02. The summed E-state index contributed by atoms with van der Waals surface area (Å²) in [6.07, 6.45) is 0. The first-order chi connectivity index (χ1) is 13.3. The van der Waals surface area contributed by atoms with Crippen molar-refractivity contribution in [2.45, 2.75) is 25.0 Å². The summed E-state index contributed by atoms with van der Waals surface area (Å²) in [5, 5.41) is 0.374. The van der Waals surface area contributed by atoms with Crippen molar-refractivity contribution < 1.29 is 17.5 Å². The Bertz CT molecular complexity index is 1070. The Labute approximate surface area is 168 Å². The van der Waals surface area contributed by atoms with Gasteiger partial charge in [-0.3, -0.25) is 4.72 Å². The van der Waals surface area contributed by atoms with Crippen LogP contribution in [-0.2, 0) is 28.0 Å². The van der Waals surface area contributed by atoms with Crippen LogP contribution in [-0.4, -0.2) is 13.4 Å². The van der Waals surface area contributed by atoms with Crippen molar-refractivity contribution in [3.05, 3.63) is 88.3 Å². The molecule has 0 saturated heterocycles. The van der Waals surface area contributed by atoms with Crippen LogP contribution in [0.5, 0.6) is 0 Å². The van der Waals surface area contributed by atoms with E-state index in [1.54, 1.807) is 49.4 Å². The molecule has 5 nitrogen and oxygen atoms in total. The quantitative estimate of drug-likeness (QED) is 0.601. The summed E-state index contributed by atoms with van der Waals surface area (Å²) in [5.41, 5.74) is 1.86. The van der Waals surface area contributed by atoms with E-state index in [-0.39, 0.29) is 23.1 Å². The van der Waals surface area contributed by atoms with Gasteiger partial charge in [-0.05, 0) is 54.4 Å². The number of hydrogen-bond acceptors (Lipinski definition) is 4. The van der Waals surface area contributed by atoms with E-state index >= 15 is 0 Å². The number of nitrogens with zero attached hydrogens (tertiary/aromatic N) is 1. The summed E-state index contributed by atoms with van der Waals surface area (Å²) in [5.74, 6) is -0.123. The van der Waals surface area contributed by atoms with Crippen LogP contribution in [0.2, 0.25) is 5.02 Å². The second-order valence-electron chi connectivity index (χ2n) is 6.10. The van der Waals surface area contributed by atoms with E-state index in [4.69, 9.17) is 16.3 Å². The summed E-state index contributed by atoms with van der Waals surface area (Å²) in [7, 11) is -3.82. The molecule has 1 N–H and O–H groups in total. The Morgan fingerprint density at radius 2 is 1.75 bits per heavy atom. The number of anilines is 1. The third-order valence-corrected chi connectivity index (χ3v) is 5.89. The van der Waals surface area contributed by atoms with Gasteiger partial charge in [0.25, 0.3) is 10.0 Å². The minimum Gasteiger partial charge on any atom is -0.370 e. The van der Waals surface area contributed by atoms with E-state index < -0.39 is 10.0 Å². The van der Waals surface area contributed by atoms with E-state index in [0.29, 0.717) is 22.9 Å². The van der Waals surface area contributed by atoms with Crippen molar-refractivity contribution in [1.82, 2.24) is 4.98 Å². The van der Waals surface area contributed by atoms with Crippen molar-refractivity contribution in [2.24, 2.45) is 0 Å². The molecule has 0 unspecified atom stereocenters. The highest BCUT2D eigenvalue weighted by Crippen LogP contribution is 2.24. The molecule has 0 saturated carbocycles. The summed E-state index contributed by atoms with van der Waals surface area (Å²) < 4.78 is 46.2. The minimum atomic E-state index is -3.82. The fraction of sp³-hybridized carbons (Fsp3) is 0.150. The van der Waals surface area contributed by atoms with E-state index in [0.717, 1.165) is 5.56 Å². The van der Waals surface area contributed by atoms with Gasteiger partial charge in [-0.15, -0.1) is 0 Å². The Morgan fingerprint density at radius 1 is 1.04 bits per heavy atom. The predicted molar refractivity (Wildman–Crippen MR) is 106 cm³/mol. The highest BCUT2D eigenvalue weighted by atomic mass is 35.5. The SMILES string of the molecule is Cc1c(Cl)cccc1S(=O)(=O)Nc1cccc(COCc2ccc(F)cc2)n1. The van der Waals surface area contributed by atoms with Crippen LogP contribution in [0.3, 0.4) is 0 Å². The first-order valence-electron chi connectivity index (χ1n) is 8.41. The number of rotatable bonds is 7. The smallest absolute Gasteiger partial charge is 0.263 e. The lowest BCUT2D eigenvalue weighted by atomic mass is 10.2. The monoisotopic (exact) mass is 420 g/mol. The molecule has 0 aliphatic rings. The molecule has 28 heavy (non-hydrogen) atoms. The normalized spacial score (nSPS) is 11.4. The lowest BCUT2D eigenvalue weighted by Gasteiger charge is -2.11. The zero-order chi connectivity index (χ0) is 20.1. The van der Waals surface area contributed by atoms with Crippen LogP contribution in [0, 0.1) is 12.7 Å². The van der Waals surface area contributed by atoms with Gasteiger partial charge in [-0.2, -0.15) is 0 Å². The summed E-state index contributed by atoms with van der Waals surface area (Å²) in [6.45, 7) is 2.12. The van der Waals surface area contributed by atoms with Gasteiger partial charge in [0, 0.05) is 5.02 Å². The van der Waals surface area contributed by atoms with Crippen LogP contribution in [0.1, 0.15) is 16.8 Å². The fourth-order valence-electron chi connectivity index (χ4n) is 2.54. The van der Waals surface area contributed by atoms with Crippen LogP contribution in [0.25, 0.3) is 0 Å². The molecule has 2 aromatic carbocycles. The largest absolute Gasteiger partial charge is 0.370 e. The first-order valence-corrected chi connectivity index (χ1v) is 10.3. The Kier molecular flexibility index (Phi) is 6.28. The minimum absolute atomic E-state index is 0.0970. The Hall–Kier alpha value is -2.48. The maximum Gasteiger partial charge on any atom is 0.263 e. The maximum atomic E-state index is 12.9. The molecule has 0 fully saturated rings. The van der Waals surface area contributed by atoms with Gasteiger partial charge in [0.2, 0.25) is 0 Å². The summed E-state index contributed by atoms with van der Waals surface area (Å²) in [4.78, 5) is 4.37. The third-order valence-electron chi connectivity index (χ3n) is 3.99. The lowest BCUT2D eigenvalue weighted by molar-refractivity contribution is 0.104. The fourth-order valence-corrected chi connectivity index (χ4v) is 4.04. The highest BCUT2D eigenvalue weighted by molar-refractivity contribution is 7.92. The number of halogens is 2. The molecule has 146 valence electrons. The molecular weight excluding hydrogens is 403 g/mol. The van der Waals surface area contributed by atoms with Crippen LogP contribution < -0.4 is 4.72 Å². The van der Waals surface area contributed by atoms with E-state index in [1.807, 2.05) is 0 Å². The number of pyridine rings is 1. The van der Waals surface area contributed by atoms with Crippen molar-refractivity contribution >= 4 is 27.4 Å². The zero-order valence-electron chi connectivity index (χ0n) is 15.0. The molecular formula is C20H18ClFN2O3S. The topological polar surface area (TPSA) is 68.3 Å². The molecule has 0 spiro atoms. The second kappa shape index (κ2) is 8.68. The van der Waals surface area contributed by atoms with Gasteiger partial charge in [-0.25, -0.2) is 17.8 Å². The molecule has 0 aliphatic carbocycles. The first kappa shape index (κ1) is 20.3. The highest BCUT2D eigenvalue weighted by Gasteiger charge is 2.18. The molecule has 0 aliphatic heterocycles. The molecule has 0 bridgehead atoms. The van der Waals surface area contributed by atoms with Crippen molar-refractivity contribution in [1.29, 1.82) is 0 Å². The Balaban J connectivity index is 1.67. The maximum absolute atomic E-state index is 12.9. The van der Waals surface area contributed by atoms with Gasteiger partial charge in [-0.1, -0.05) is 35.9 Å². The average molecular weight is 421 g/mol. The van der Waals surface area contributed by atoms with Crippen molar-refractivity contribution in [3.8, 4) is 0 Å². The molecule has 1 aromatic heterocycles. The Morgan fingerprint density at radius 3 is 2.50 bits per heavy atom. The molecule has 3 rings (SSSR count). The zero-order valence-corrected chi connectivity index (χ0v) is 16.6. The number of benzene rings is 2. The summed E-state index contributed by atoms with van der Waals surface area (Å²) in [6, 6.07) is 15.7. The van der Waals surface area contributed by atoms with Gasteiger partial charge >= 0.3 is 0 Å². The van der Waals surface area contributed by atoms with Crippen LogP contribution in [0.15, 0.2) is 65.6 Å². The predicted octanol–water partition coefficient (Wildman–Crippen LogP) is 4.70. The van der Waals surface area contributed by atoms with Crippen LogP contribution in [0.4, 0.5) is 10.2 Å². The van der Waals surface area contributed by atoms with E-state index in [1.165, 1.54) is 18.2 Å². The molecule has 0 radical (unpaired) electrons. The van der Waals surface area contributed by atoms with Gasteiger partial charge in [0.1, 0.15) is 11.6 Å². The van der Waals surface area contributed by atoms with Gasteiger partial charge < -0.3 is 4.74 Å². The molecule has 1 heterocycles. The molecule has 0 amide bonds. The molecule has 8 heteroatoms. The number of sulfonamides is 1. The van der Waals surface area contributed by atoms with Gasteiger partial charge in [0.15, 0.2) is 0 Å². The van der Waals surface area contributed by atoms with Crippen LogP contribution >= 0.6 is 11.6 Å². The van der Waals surface area contributed by atoms with Crippen molar-refractivity contribution in [3.63, 3.8) is 0 Å². The van der Waals surface area contributed by atoms with E-state index in [9.17, 15) is 12.8 Å². The molecule has 0 atom stereocenters. The number of aromatic nitrogens is 1. The molecule has 3 aromatic rings. The second-order valence-corrected chi connectivity index (χ2v) is 8.16. The van der Waals surface area contributed by atoms with Gasteiger partial charge in [0.05, 0.1) is 23.8 Å². The lowest BCUT2D eigenvalue weighted by Crippen LogP contribution is -2.15. The third kappa shape index (κ3) is 5.07.